The predicted octanol–water partition coefficient (Wildman–Crippen LogP) is 0.331. The number of benzene rings is 1. The van der Waals surface area contributed by atoms with E-state index >= 15 is 0 Å². The van der Waals surface area contributed by atoms with Gasteiger partial charge in [-0.2, -0.15) is 0 Å². The topological polar surface area (TPSA) is 103 Å². The van der Waals surface area contributed by atoms with Gasteiger partial charge in [0.15, 0.2) is 0 Å². The summed E-state index contributed by atoms with van der Waals surface area (Å²) < 4.78 is 13.2. The summed E-state index contributed by atoms with van der Waals surface area (Å²) in [5.41, 5.74) is 0.551. The first-order valence-corrected chi connectivity index (χ1v) is 8.40. The predicted molar refractivity (Wildman–Crippen MR) is 94.7 cm³/mol. The lowest BCUT2D eigenvalue weighted by Gasteiger charge is -2.37. The molecule has 2 amide bonds. The Morgan fingerprint density at radius 1 is 1.26 bits per heavy atom. The Labute approximate surface area is 154 Å². The molecular formula is C18H19FN4O4. The number of fused-ring (bicyclic) bond motifs is 1. The van der Waals surface area contributed by atoms with Crippen LogP contribution in [0.15, 0.2) is 30.3 Å². The number of piperazine rings is 1. The molecule has 0 spiro atoms. The van der Waals surface area contributed by atoms with Gasteiger partial charge in [-0.05, 0) is 31.3 Å². The summed E-state index contributed by atoms with van der Waals surface area (Å²) >= 11 is 0. The van der Waals surface area contributed by atoms with E-state index < -0.39 is 29.6 Å². The summed E-state index contributed by atoms with van der Waals surface area (Å²) in [5, 5.41) is 12.3. The summed E-state index contributed by atoms with van der Waals surface area (Å²) in [4.78, 5) is 43.3. The molecular weight excluding hydrogens is 355 g/mol. The highest BCUT2D eigenvalue weighted by molar-refractivity contribution is 5.97. The number of nitrogens with zero attached hydrogens (tertiary/aromatic N) is 3. The van der Waals surface area contributed by atoms with Crippen molar-refractivity contribution in [1.29, 1.82) is 0 Å². The molecule has 3 rings (SSSR count). The number of pyridine rings is 1. The Hall–Kier alpha value is -3.07. The van der Waals surface area contributed by atoms with Gasteiger partial charge in [-0.1, -0.05) is 6.07 Å². The van der Waals surface area contributed by atoms with Crippen LogP contribution >= 0.6 is 0 Å². The molecule has 2 N–H and O–H groups in total. The van der Waals surface area contributed by atoms with E-state index in [0.717, 1.165) is 0 Å². The number of carboxylic acid groups (broad SMARTS) is 1. The molecule has 1 saturated heterocycles. The van der Waals surface area contributed by atoms with E-state index in [1.54, 1.807) is 13.1 Å². The number of halogens is 1. The first-order chi connectivity index (χ1) is 12.8. The van der Waals surface area contributed by atoms with E-state index in [2.05, 4.69) is 10.3 Å². The Balaban J connectivity index is 1.65. The van der Waals surface area contributed by atoms with E-state index in [9.17, 15) is 23.9 Å². The lowest BCUT2D eigenvalue weighted by atomic mass is 10.1. The van der Waals surface area contributed by atoms with E-state index in [1.165, 1.54) is 29.2 Å². The third-order valence-electron chi connectivity index (χ3n) is 4.47. The third kappa shape index (κ3) is 4.20. The lowest BCUT2D eigenvalue weighted by Crippen LogP contribution is -2.58. The third-order valence-corrected chi connectivity index (χ3v) is 4.47. The van der Waals surface area contributed by atoms with Gasteiger partial charge in [0.25, 0.3) is 5.91 Å². The van der Waals surface area contributed by atoms with Crippen molar-refractivity contribution in [3.05, 3.63) is 41.8 Å². The summed E-state index contributed by atoms with van der Waals surface area (Å²) in [7, 11) is 1.79. The average molecular weight is 374 g/mol. The van der Waals surface area contributed by atoms with Crippen molar-refractivity contribution >= 4 is 28.7 Å². The average Bonchev–Trinajstić information content (AvgIpc) is 2.65. The van der Waals surface area contributed by atoms with Crippen molar-refractivity contribution in [2.24, 2.45) is 0 Å². The maximum atomic E-state index is 13.2. The SMILES string of the molecule is CN1CCN(C(=O)CNC(=O)c2ccc3cc(F)ccc3n2)[C@H](C(=O)O)C1. The Kier molecular flexibility index (Phi) is 5.31. The molecule has 142 valence electrons. The molecule has 0 bridgehead atoms. The maximum Gasteiger partial charge on any atom is 0.327 e. The smallest absolute Gasteiger partial charge is 0.327 e. The van der Waals surface area contributed by atoms with Crippen molar-refractivity contribution in [1.82, 2.24) is 20.1 Å². The molecule has 8 nitrogen and oxygen atoms in total. The zero-order valence-corrected chi connectivity index (χ0v) is 14.7. The Bertz CT molecular complexity index is 904. The second kappa shape index (κ2) is 7.67. The lowest BCUT2D eigenvalue weighted by molar-refractivity contribution is -0.152. The minimum Gasteiger partial charge on any atom is -0.480 e. The minimum absolute atomic E-state index is 0.0927. The number of carbonyl (C=O) groups excluding carboxylic acids is 2. The maximum absolute atomic E-state index is 13.2. The van der Waals surface area contributed by atoms with Crippen molar-refractivity contribution < 1.29 is 23.9 Å². The molecule has 1 fully saturated rings. The molecule has 1 aromatic heterocycles. The fraction of sp³-hybridized carbons (Fsp3) is 0.333. The standard InChI is InChI=1S/C18H19FN4O4/c1-22-6-7-23(15(10-22)18(26)27)16(24)9-20-17(25)14-4-2-11-8-12(19)3-5-13(11)21-14/h2-5,8,15H,6-7,9-10H2,1H3,(H,20,25)(H,26,27)/t15-/m0/s1. The fourth-order valence-electron chi connectivity index (χ4n) is 3.00. The first-order valence-electron chi connectivity index (χ1n) is 8.40. The van der Waals surface area contributed by atoms with Crippen LogP contribution in [0.2, 0.25) is 0 Å². The van der Waals surface area contributed by atoms with Crippen LogP contribution in [0.25, 0.3) is 10.9 Å². The fourth-order valence-corrected chi connectivity index (χ4v) is 3.00. The Morgan fingerprint density at radius 3 is 2.78 bits per heavy atom. The van der Waals surface area contributed by atoms with Crippen molar-refractivity contribution in [3.8, 4) is 0 Å². The molecule has 1 atom stereocenters. The highest BCUT2D eigenvalue weighted by Gasteiger charge is 2.34. The molecule has 0 aliphatic carbocycles. The van der Waals surface area contributed by atoms with E-state index in [4.69, 9.17) is 0 Å². The van der Waals surface area contributed by atoms with Crippen molar-refractivity contribution in [2.45, 2.75) is 6.04 Å². The second-order valence-corrected chi connectivity index (χ2v) is 6.42. The molecule has 0 saturated carbocycles. The number of nitrogens with one attached hydrogen (secondary N) is 1. The van der Waals surface area contributed by atoms with Crippen LogP contribution in [-0.4, -0.2) is 76.9 Å². The number of amides is 2. The van der Waals surface area contributed by atoms with E-state index in [0.29, 0.717) is 17.4 Å². The highest BCUT2D eigenvalue weighted by Crippen LogP contribution is 2.14. The molecule has 0 radical (unpaired) electrons. The van der Waals surface area contributed by atoms with Gasteiger partial charge in [0.1, 0.15) is 17.6 Å². The number of hydrogen-bond acceptors (Lipinski definition) is 5. The van der Waals surface area contributed by atoms with Gasteiger partial charge in [-0.25, -0.2) is 14.2 Å². The second-order valence-electron chi connectivity index (χ2n) is 6.42. The van der Waals surface area contributed by atoms with Crippen molar-refractivity contribution in [3.63, 3.8) is 0 Å². The summed E-state index contributed by atoms with van der Waals surface area (Å²) in [5.74, 6) is -2.50. The van der Waals surface area contributed by atoms with Gasteiger partial charge in [0.05, 0.1) is 12.1 Å². The van der Waals surface area contributed by atoms with Crippen molar-refractivity contribution in [2.75, 3.05) is 33.2 Å². The van der Waals surface area contributed by atoms with Crippen LogP contribution in [0.3, 0.4) is 0 Å². The molecule has 1 aliphatic rings. The number of carbonyl (C=O) groups is 3. The van der Waals surface area contributed by atoms with Gasteiger partial charge in [-0.15, -0.1) is 0 Å². The van der Waals surface area contributed by atoms with E-state index in [1.807, 2.05) is 4.90 Å². The summed E-state index contributed by atoms with van der Waals surface area (Å²) in [6, 6.07) is 6.10. The van der Waals surface area contributed by atoms with Crippen LogP contribution in [0, 0.1) is 5.82 Å². The molecule has 9 heteroatoms. The Morgan fingerprint density at radius 2 is 2.04 bits per heavy atom. The number of likely N-dealkylation sites (N-methyl/N-ethyl adjacent to an activating group) is 1. The number of aromatic nitrogens is 1. The molecule has 1 aliphatic heterocycles. The normalized spacial score (nSPS) is 17.7. The van der Waals surface area contributed by atoms with Gasteiger partial charge in [-0.3, -0.25) is 9.59 Å². The quantitative estimate of drug-likeness (QED) is 0.800. The molecule has 27 heavy (non-hydrogen) atoms. The zero-order chi connectivity index (χ0) is 19.6. The van der Waals surface area contributed by atoms with Gasteiger partial charge in [0.2, 0.25) is 5.91 Å². The van der Waals surface area contributed by atoms with Crippen LogP contribution in [0.1, 0.15) is 10.5 Å². The van der Waals surface area contributed by atoms with Crippen LogP contribution < -0.4 is 5.32 Å². The molecule has 2 aromatic rings. The van der Waals surface area contributed by atoms with Crippen LogP contribution in [-0.2, 0) is 9.59 Å². The summed E-state index contributed by atoms with van der Waals surface area (Å²) in [6.07, 6.45) is 0. The monoisotopic (exact) mass is 374 g/mol. The number of rotatable bonds is 4. The molecule has 0 unspecified atom stereocenters. The van der Waals surface area contributed by atoms with Gasteiger partial charge < -0.3 is 20.2 Å². The summed E-state index contributed by atoms with van der Waals surface area (Å²) in [6.45, 7) is 0.751. The number of aliphatic carboxylic acids is 1. The van der Waals surface area contributed by atoms with E-state index in [-0.39, 0.29) is 25.3 Å². The van der Waals surface area contributed by atoms with Gasteiger partial charge >= 0.3 is 5.97 Å². The first kappa shape index (κ1) is 18.7. The van der Waals surface area contributed by atoms with Gasteiger partial charge in [0, 0.05) is 25.0 Å². The molecule has 2 heterocycles. The number of carboxylic acids is 1. The minimum atomic E-state index is -1.08. The zero-order valence-electron chi connectivity index (χ0n) is 14.7. The molecule has 1 aromatic carbocycles. The largest absolute Gasteiger partial charge is 0.480 e. The highest BCUT2D eigenvalue weighted by atomic mass is 19.1. The van der Waals surface area contributed by atoms with Crippen LogP contribution in [0.5, 0.6) is 0 Å². The van der Waals surface area contributed by atoms with Crippen LogP contribution in [0.4, 0.5) is 4.39 Å². The number of hydrogen-bond donors (Lipinski definition) is 2.